The molecule has 0 radical (unpaired) electrons. The molecular formula is C15H22N4O3S. The second kappa shape index (κ2) is 6.46. The van der Waals surface area contributed by atoms with Crippen LogP contribution in [0.3, 0.4) is 0 Å². The summed E-state index contributed by atoms with van der Waals surface area (Å²) in [6.45, 7) is 4.74. The minimum absolute atomic E-state index is 0.184. The Balaban J connectivity index is 1.68. The third-order valence-corrected chi connectivity index (χ3v) is 5.58. The SMILES string of the molecule is CC(C)n1ccc(CNS(=O)(=O)N2CCCC2c2ccco2)n1. The fourth-order valence-corrected chi connectivity index (χ4v) is 4.21. The molecular weight excluding hydrogens is 316 g/mol. The number of furan rings is 1. The Hall–Kier alpha value is -1.64. The van der Waals surface area contributed by atoms with Crippen molar-refractivity contribution in [1.29, 1.82) is 0 Å². The third kappa shape index (κ3) is 3.49. The number of hydrogen-bond acceptors (Lipinski definition) is 4. The van der Waals surface area contributed by atoms with Gasteiger partial charge >= 0.3 is 0 Å². The van der Waals surface area contributed by atoms with Crippen LogP contribution in [0.15, 0.2) is 35.1 Å². The van der Waals surface area contributed by atoms with Crippen molar-refractivity contribution in [3.05, 3.63) is 42.1 Å². The summed E-state index contributed by atoms with van der Waals surface area (Å²) >= 11 is 0. The van der Waals surface area contributed by atoms with Gasteiger partial charge < -0.3 is 4.42 Å². The first-order valence-corrected chi connectivity index (χ1v) is 9.25. The third-order valence-electron chi connectivity index (χ3n) is 4.01. The average molecular weight is 338 g/mol. The highest BCUT2D eigenvalue weighted by Gasteiger charge is 2.36. The Labute approximate surface area is 136 Å². The maximum atomic E-state index is 12.6. The molecule has 23 heavy (non-hydrogen) atoms. The summed E-state index contributed by atoms with van der Waals surface area (Å²) in [6, 6.07) is 5.46. The first-order chi connectivity index (χ1) is 11.0. The standard InChI is InChI=1S/C15H22N4O3S/c1-12(2)18-9-7-13(17-18)11-16-23(20,21)19-8-3-5-14(19)15-6-4-10-22-15/h4,6-7,9-10,12,14,16H,3,5,8,11H2,1-2H3. The molecule has 0 amide bonds. The van der Waals surface area contributed by atoms with Crippen molar-refractivity contribution in [2.75, 3.05) is 6.54 Å². The quantitative estimate of drug-likeness (QED) is 0.876. The minimum atomic E-state index is -3.57. The summed E-state index contributed by atoms with van der Waals surface area (Å²) in [4.78, 5) is 0. The van der Waals surface area contributed by atoms with Crippen LogP contribution in [0.5, 0.6) is 0 Å². The second-order valence-electron chi connectivity index (χ2n) is 5.99. The van der Waals surface area contributed by atoms with Crippen LogP contribution in [-0.4, -0.2) is 29.0 Å². The molecule has 1 N–H and O–H groups in total. The highest BCUT2D eigenvalue weighted by atomic mass is 32.2. The van der Waals surface area contributed by atoms with Crippen molar-refractivity contribution in [2.45, 2.75) is 45.3 Å². The predicted molar refractivity (Wildman–Crippen MR) is 85.8 cm³/mol. The molecule has 8 heteroatoms. The Bertz CT molecular complexity index is 737. The van der Waals surface area contributed by atoms with E-state index in [1.807, 2.05) is 36.9 Å². The van der Waals surface area contributed by atoms with Crippen molar-refractivity contribution in [3.63, 3.8) is 0 Å². The molecule has 126 valence electrons. The van der Waals surface area contributed by atoms with Crippen molar-refractivity contribution in [3.8, 4) is 0 Å². The van der Waals surface area contributed by atoms with Crippen molar-refractivity contribution in [1.82, 2.24) is 18.8 Å². The zero-order valence-corrected chi connectivity index (χ0v) is 14.2. The summed E-state index contributed by atoms with van der Waals surface area (Å²) in [5, 5.41) is 4.36. The second-order valence-corrected chi connectivity index (χ2v) is 7.70. The van der Waals surface area contributed by atoms with Crippen LogP contribution in [0, 0.1) is 0 Å². The molecule has 0 aromatic carbocycles. The lowest BCUT2D eigenvalue weighted by molar-refractivity contribution is 0.335. The molecule has 1 unspecified atom stereocenters. The largest absolute Gasteiger partial charge is 0.468 e. The first kappa shape index (κ1) is 16.2. The Morgan fingerprint density at radius 2 is 2.26 bits per heavy atom. The fraction of sp³-hybridized carbons (Fsp3) is 0.533. The van der Waals surface area contributed by atoms with E-state index in [4.69, 9.17) is 4.42 Å². The predicted octanol–water partition coefficient (Wildman–Crippen LogP) is 2.23. The van der Waals surface area contributed by atoms with Gasteiger partial charge in [0.1, 0.15) is 5.76 Å². The van der Waals surface area contributed by atoms with Crippen LogP contribution in [0.2, 0.25) is 0 Å². The number of nitrogens with zero attached hydrogens (tertiary/aromatic N) is 3. The average Bonchev–Trinajstić information content (AvgIpc) is 3.23. The molecule has 7 nitrogen and oxygen atoms in total. The van der Waals surface area contributed by atoms with Crippen molar-refractivity contribution < 1.29 is 12.8 Å². The molecule has 2 aromatic heterocycles. The van der Waals surface area contributed by atoms with Gasteiger partial charge in [0.2, 0.25) is 0 Å². The Morgan fingerprint density at radius 3 is 2.91 bits per heavy atom. The van der Waals surface area contributed by atoms with Gasteiger partial charge in [0.05, 0.1) is 24.5 Å². The van der Waals surface area contributed by atoms with E-state index in [0.29, 0.717) is 18.0 Å². The number of nitrogens with one attached hydrogen (secondary N) is 1. The molecule has 3 rings (SSSR count). The van der Waals surface area contributed by atoms with Crippen LogP contribution in [0.1, 0.15) is 50.2 Å². The molecule has 1 aliphatic heterocycles. The molecule has 0 aliphatic carbocycles. The van der Waals surface area contributed by atoms with E-state index < -0.39 is 10.2 Å². The fourth-order valence-electron chi connectivity index (χ4n) is 2.80. The van der Waals surface area contributed by atoms with E-state index >= 15 is 0 Å². The van der Waals surface area contributed by atoms with E-state index in [1.165, 1.54) is 4.31 Å². The maximum absolute atomic E-state index is 12.6. The lowest BCUT2D eigenvalue weighted by Gasteiger charge is -2.22. The summed E-state index contributed by atoms with van der Waals surface area (Å²) in [5.41, 5.74) is 0.705. The van der Waals surface area contributed by atoms with E-state index in [1.54, 1.807) is 12.3 Å². The van der Waals surface area contributed by atoms with E-state index in [9.17, 15) is 8.42 Å². The van der Waals surface area contributed by atoms with E-state index in [-0.39, 0.29) is 18.6 Å². The Kier molecular flexibility index (Phi) is 4.56. The zero-order chi connectivity index (χ0) is 16.4. The topological polar surface area (TPSA) is 80.4 Å². The summed E-state index contributed by atoms with van der Waals surface area (Å²) in [6.07, 6.45) is 5.03. The van der Waals surface area contributed by atoms with Crippen LogP contribution in [-0.2, 0) is 16.8 Å². The lowest BCUT2D eigenvalue weighted by atomic mass is 10.2. The van der Waals surface area contributed by atoms with E-state index in [0.717, 1.165) is 12.8 Å². The molecule has 0 bridgehead atoms. The van der Waals surface area contributed by atoms with Gasteiger partial charge in [-0.05, 0) is 44.9 Å². The van der Waals surface area contributed by atoms with Crippen LogP contribution < -0.4 is 4.72 Å². The monoisotopic (exact) mass is 338 g/mol. The highest BCUT2D eigenvalue weighted by Crippen LogP contribution is 2.33. The minimum Gasteiger partial charge on any atom is -0.468 e. The van der Waals surface area contributed by atoms with Crippen molar-refractivity contribution >= 4 is 10.2 Å². The molecule has 2 aromatic rings. The van der Waals surface area contributed by atoms with Gasteiger partial charge in [0, 0.05) is 18.8 Å². The van der Waals surface area contributed by atoms with Gasteiger partial charge in [-0.3, -0.25) is 4.68 Å². The first-order valence-electron chi connectivity index (χ1n) is 7.81. The molecule has 1 saturated heterocycles. The van der Waals surface area contributed by atoms with Crippen LogP contribution in [0.25, 0.3) is 0 Å². The maximum Gasteiger partial charge on any atom is 0.280 e. The van der Waals surface area contributed by atoms with Gasteiger partial charge in [-0.1, -0.05) is 0 Å². The summed E-state index contributed by atoms with van der Waals surface area (Å²) in [5.74, 6) is 0.692. The molecule has 1 atom stereocenters. The zero-order valence-electron chi connectivity index (χ0n) is 13.3. The van der Waals surface area contributed by atoms with Gasteiger partial charge in [0.25, 0.3) is 10.2 Å². The number of rotatable bonds is 6. The smallest absolute Gasteiger partial charge is 0.280 e. The van der Waals surface area contributed by atoms with Gasteiger partial charge in [-0.15, -0.1) is 0 Å². The molecule has 0 spiro atoms. The van der Waals surface area contributed by atoms with Gasteiger partial charge in [-0.25, -0.2) is 0 Å². The molecule has 3 heterocycles. The number of hydrogen-bond donors (Lipinski definition) is 1. The van der Waals surface area contributed by atoms with Crippen LogP contribution in [0.4, 0.5) is 0 Å². The molecule has 0 saturated carbocycles. The van der Waals surface area contributed by atoms with Gasteiger partial charge in [0.15, 0.2) is 0 Å². The molecule has 1 aliphatic rings. The normalized spacial score (nSPS) is 19.7. The van der Waals surface area contributed by atoms with Crippen molar-refractivity contribution in [2.24, 2.45) is 0 Å². The molecule has 1 fully saturated rings. The Morgan fingerprint density at radius 1 is 1.43 bits per heavy atom. The van der Waals surface area contributed by atoms with E-state index in [2.05, 4.69) is 9.82 Å². The summed E-state index contributed by atoms with van der Waals surface area (Å²) in [7, 11) is -3.57. The highest BCUT2D eigenvalue weighted by molar-refractivity contribution is 7.87. The van der Waals surface area contributed by atoms with Crippen LogP contribution >= 0.6 is 0 Å². The number of aromatic nitrogens is 2. The summed E-state index contributed by atoms with van der Waals surface area (Å²) < 4.78 is 36.5. The lowest BCUT2D eigenvalue weighted by Crippen LogP contribution is -2.40. The van der Waals surface area contributed by atoms with Gasteiger partial charge in [-0.2, -0.15) is 22.5 Å².